The van der Waals surface area contributed by atoms with Crippen LogP contribution in [-0.4, -0.2) is 187 Å². The number of rotatable bonds is 21. The van der Waals surface area contributed by atoms with Crippen molar-refractivity contribution in [3.8, 4) is 0 Å². The molecule has 8 rings (SSSR count). The lowest BCUT2D eigenvalue weighted by atomic mass is 9.94. The first-order valence-corrected chi connectivity index (χ1v) is 29.3. The van der Waals surface area contributed by atoms with Crippen molar-refractivity contribution in [1.29, 1.82) is 0 Å². The predicted molar refractivity (Wildman–Crippen MR) is 264 cm³/mol. The lowest BCUT2D eigenvalue weighted by Crippen LogP contribution is -2.51. The Kier molecular flexibility index (Phi) is 21.5. The smallest absolute Gasteiger partial charge is 0.376 e. The van der Waals surface area contributed by atoms with Crippen molar-refractivity contribution < 1.29 is 98.6 Å². The summed E-state index contributed by atoms with van der Waals surface area (Å²) in [5.41, 5.74) is -0.633. The van der Waals surface area contributed by atoms with Gasteiger partial charge in [0, 0.05) is 51.9 Å². The van der Waals surface area contributed by atoms with Crippen LogP contribution in [0.2, 0.25) is 0 Å². The van der Waals surface area contributed by atoms with Crippen molar-refractivity contribution in [3.63, 3.8) is 0 Å². The van der Waals surface area contributed by atoms with E-state index in [2.05, 4.69) is 0 Å². The largest absolute Gasteiger partial charge is 0.475 e. The number of hydrogen-bond donors (Lipinski definition) is 0. The average Bonchev–Trinajstić information content (AvgIpc) is 4.14. The standard InChI is InChI=1S/C19H35O8P.C18H33O8P.C13H24O4/c1-12(2)22-11-18-15(6-8-21-18)26-28(20)23-9-7-16(27-28)19-17(24-13(3)4)10-14(5)25-19;1-12(2)22-11-17-14(5-8-20-17)25-27(19)23-10-7-16(26-27)18-15(6-9-21-18)24-13(3)4;1-8(2)14-7-13-10(5)17-11(6-15-13)12(13)16-9(3)4/h12-19H,6-11H2,1-5H3;12-18H,5-11H2,1-4H3;8-12H,6-7H2,1-5H3/t14-,15-,16+,17-,18+,19+,28-;14-,15-,16-,17+,18-,27+;10-,11-,12-,13-/m000/s1/i8T;8T,9T;6T/t8-,14+,15+,16-,17+,18-,19-,28+;8-,9-,14+,15+,16+,17-,18+,27-;6-,10-,11-,12-,13-/m110. The quantitative estimate of drug-likeness (QED) is 0.0993. The van der Waals surface area contributed by atoms with E-state index in [0.717, 1.165) is 6.42 Å². The summed E-state index contributed by atoms with van der Waals surface area (Å²) >= 11 is 0. The minimum absolute atomic E-state index is 0.00169. The molecule has 0 aromatic heterocycles. The molecule has 0 saturated carbocycles. The van der Waals surface area contributed by atoms with Gasteiger partial charge in [0.15, 0.2) is 0 Å². The third kappa shape index (κ3) is 17.4. The highest BCUT2D eigenvalue weighted by Crippen LogP contribution is 2.58. The Morgan fingerprint density at radius 1 is 0.556 bits per heavy atom. The molecule has 0 N–H and O–H groups in total. The number of phosphoric ester groups is 2. The highest BCUT2D eigenvalue weighted by atomic mass is 31.2. The van der Waals surface area contributed by atoms with Crippen LogP contribution < -0.4 is 0 Å². The van der Waals surface area contributed by atoms with Gasteiger partial charge in [0.05, 0.1) is 106 Å². The van der Waals surface area contributed by atoms with E-state index in [1.54, 1.807) is 0 Å². The molecule has 0 spiro atoms. The van der Waals surface area contributed by atoms with E-state index < -0.39 is 90.3 Å². The normalized spacial score (nSPS) is 45.9. The van der Waals surface area contributed by atoms with Gasteiger partial charge in [-0.15, -0.1) is 0 Å². The first-order valence-electron chi connectivity index (χ1n) is 28.7. The third-order valence-electron chi connectivity index (χ3n) is 12.8. The van der Waals surface area contributed by atoms with E-state index in [1.165, 1.54) is 0 Å². The van der Waals surface area contributed by atoms with Crippen molar-refractivity contribution in [1.82, 2.24) is 0 Å². The minimum atomic E-state index is -3.88. The van der Waals surface area contributed by atoms with E-state index in [1.807, 2.05) is 96.9 Å². The Labute approximate surface area is 435 Å². The predicted octanol–water partition coefficient (Wildman–Crippen LogP) is 8.31. The molecule has 21 atom stereocenters. The maximum absolute atomic E-state index is 13.2. The third-order valence-corrected chi connectivity index (χ3v) is 15.9. The van der Waals surface area contributed by atoms with Crippen LogP contribution in [0.25, 0.3) is 0 Å². The molecular weight excluding hydrogens is 982 g/mol. The van der Waals surface area contributed by atoms with Gasteiger partial charge in [0.25, 0.3) is 0 Å². The van der Waals surface area contributed by atoms with Gasteiger partial charge in [-0.25, -0.2) is 9.13 Å². The number of hydrogen-bond acceptors (Lipinski definition) is 20. The van der Waals surface area contributed by atoms with Crippen LogP contribution in [0.4, 0.5) is 0 Å². The molecule has 2 bridgehead atoms. The summed E-state index contributed by atoms with van der Waals surface area (Å²) in [4.78, 5) is 0. The van der Waals surface area contributed by atoms with Gasteiger partial charge in [-0.1, -0.05) is 0 Å². The second-order valence-corrected chi connectivity index (χ2v) is 24.3. The maximum atomic E-state index is 13.2. The van der Waals surface area contributed by atoms with Crippen molar-refractivity contribution in [2.45, 2.75) is 263 Å². The summed E-state index contributed by atoms with van der Waals surface area (Å²) in [6, 6.07) is 0. The van der Waals surface area contributed by atoms with Crippen molar-refractivity contribution >= 4 is 15.6 Å². The molecule has 0 amide bonds. The molecule has 0 radical (unpaired) electrons. The first-order chi connectivity index (χ1) is 35.7. The Morgan fingerprint density at radius 2 is 1.04 bits per heavy atom. The molecule has 8 aliphatic heterocycles. The zero-order valence-corrected chi connectivity index (χ0v) is 47.0. The van der Waals surface area contributed by atoms with Crippen LogP contribution in [0.1, 0.15) is 141 Å². The fourth-order valence-electron chi connectivity index (χ4n) is 9.45. The maximum Gasteiger partial charge on any atom is 0.475 e. The fraction of sp³-hybridized carbons (Fsp3) is 1.00. The second kappa shape index (κ2) is 28.1. The Balaban J connectivity index is 0.000000191. The van der Waals surface area contributed by atoms with Crippen LogP contribution >= 0.6 is 15.6 Å². The number of phosphoric acid groups is 2. The summed E-state index contributed by atoms with van der Waals surface area (Å²) < 4.78 is 161. The van der Waals surface area contributed by atoms with Gasteiger partial charge < -0.3 is 56.8 Å². The van der Waals surface area contributed by atoms with E-state index in [9.17, 15) is 9.13 Å². The summed E-state index contributed by atoms with van der Waals surface area (Å²) in [7, 11) is -7.70. The molecule has 22 heteroatoms. The lowest BCUT2D eigenvalue weighted by molar-refractivity contribution is -0.180. The topological polar surface area (TPSA) is 200 Å². The van der Waals surface area contributed by atoms with Crippen molar-refractivity contribution in [3.05, 3.63) is 0 Å². The van der Waals surface area contributed by atoms with Crippen LogP contribution in [0.5, 0.6) is 0 Å². The molecule has 8 heterocycles. The monoisotopic (exact) mass is 1080 g/mol. The van der Waals surface area contributed by atoms with E-state index in [4.69, 9.17) is 89.5 Å². The second-order valence-electron chi connectivity index (χ2n) is 21.1. The summed E-state index contributed by atoms with van der Waals surface area (Å²) in [6.07, 6.45) is -2.08. The highest BCUT2D eigenvalue weighted by Gasteiger charge is 2.62. The van der Waals surface area contributed by atoms with Crippen LogP contribution in [0.3, 0.4) is 0 Å². The van der Waals surface area contributed by atoms with Crippen LogP contribution in [0.15, 0.2) is 0 Å². The molecule has 72 heavy (non-hydrogen) atoms. The molecular formula is C50H92O20P2. The molecule has 0 aromatic rings. The van der Waals surface area contributed by atoms with Gasteiger partial charge in [-0.05, 0) is 103 Å². The molecule has 8 fully saturated rings. The summed E-state index contributed by atoms with van der Waals surface area (Å²) in [5.74, 6) is 0. The molecule has 20 nitrogen and oxygen atoms in total. The SMILES string of the molecule is [3H][C@@H]1C[C@H](OC(C)C)[C@@H]([C@@H]2CCO[P@](=O)(O[C@H]3C[C@@H]([3H])O[C@@H]3COC(C)C)O2)O1.[3H][C@@H]1C[C@H](O[P@]2(=O)OCC[C@H]([C@H]3O[C@@H](C)C[C@@H]3OC(C)C)O2)[C@@H](COC(C)C)O1.[3H][C@@H]1O[C@@]2(COC(C)C)[C@H](C)O[C@@H]1[C@@H]2OC(C)C. The molecule has 422 valence electrons. The average molecular weight is 1080 g/mol. The summed E-state index contributed by atoms with van der Waals surface area (Å²) in [6.45, 7) is 25.8. The zero-order valence-electron chi connectivity index (χ0n) is 49.2. The van der Waals surface area contributed by atoms with Crippen LogP contribution in [0, 0.1) is 0 Å². The van der Waals surface area contributed by atoms with Gasteiger partial charge >= 0.3 is 15.6 Å². The molecule has 8 saturated heterocycles. The fourth-order valence-corrected chi connectivity index (χ4v) is 12.7. The minimum Gasteiger partial charge on any atom is -0.376 e. The Bertz CT molecular complexity index is 1750. The summed E-state index contributed by atoms with van der Waals surface area (Å²) in [5, 5.41) is 0. The lowest BCUT2D eigenvalue weighted by Gasteiger charge is -2.35. The molecule has 0 aliphatic carbocycles. The molecule has 8 aliphatic rings. The molecule has 0 unspecified atom stereocenters. The van der Waals surface area contributed by atoms with Gasteiger partial charge in [0.1, 0.15) is 66.6 Å². The van der Waals surface area contributed by atoms with E-state index in [0.29, 0.717) is 25.9 Å². The Morgan fingerprint density at radius 3 is 1.56 bits per heavy atom. The van der Waals surface area contributed by atoms with Crippen molar-refractivity contribution in [2.24, 2.45) is 0 Å². The van der Waals surface area contributed by atoms with Gasteiger partial charge in [-0.2, -0.15) is 0 Å². The van der Waals surface area contributed by atoms with Crippen LogP contribution in [-0.2, 0) is 93.1 Å². The molecule has 0 aromatic carbocycles. The first kappa shape index (κ1) is 55.1. The van der Waals surface area contributed by atoms with E-state index >= 15 is 0 Å². The Hall–Kier alpha value is -0.260. The zero-order chi connectivity index (χ0) is 55.9. The van der Waals surface area contributed by atoms with Gasteiger partial charge in [0.2, 0.25) is 0 Å². The number of fused-ring (bicyclic) bond motifs is 2. The van der Waals surface area contributed by atoms with Gasteiger partial charge in [-0.3, -0.25) is 27.1 Å². The highest BCUT2D eigenvalue weighted by molar-refractivity contribution is 7.48. The van der Waals surface area contributed by atoms with E-state index in [-0.39, 0.29) is 119 Å². The number of ether oxygens (including phenoxy) is 12. The van der Waals surface area contributed by atoms with Crippen molar-refractivity contribution in [2.75, 3.05) is 59.4 Å².